The van der Waals surface area contributed by atoms with Crippen LogP contribution in [0.3, 0.4) is 0 Å². The summed E-state index contributed by atoms with van der Waals surface area (Å²) in [6.07, 6.45) is 2.07. The van der Waals surface area contributed by atoms with Crippen molar-refractivity contribution in [1.29, 1.82) is 0 Å². The lowest BCUT2D eigenvalue weighted by atomic mass is 10.1. The van der Waals surface area contributed by atoms with Crippen LogP contribution in [0.2, 0.25) is 0 Å². The smallest absolute Gasteiger partial charge is 0.220 e. The lowest BCUT2D eigenvalue weighted by Crippen LogP contribution is -1.91. The monoisotopic (exact) mass is 174 g/mol. The van der Waals surface area contributed by atoms with Gasteiger partial charge in [-0.2, -0.15) is 0 Å². The third-order valence-electron chi connectivity index (χ3n) is 2.01. The van der Waals surface area contributed by atoms with E-state index in [0.717, 1.165) is 0 Å². The van der Waals surface area contributed by atoms with Gasteiger partial charge in [-0.05, 0) is 18.1 Å². The Balaban J connectivity index is 2.24. The summed E-state index contributed by atoms with van der Waals surface area (Å²) in [6, 6.07) is 8.18. The molecule has 0 aliphatic rings. The number of hydrogen-bond acceptors (Lipinski definition) is 3. The molecule has 0 saturated carbocycles. The van der Waals surface area contributed by atoms with E-state index >= 15 is 0 Å². The molecule has 0 N–H and O–H groups in total. The van der Waals surface area contributed by atoms with Crippen LogP contribution in [0, 0.1) is 6.92 Å². The summed E-state index contributed by atoms with van der Waals surface area (Å²) in [6.45, 7) is 2.08. The lowest BCUT2D eigenvalue weighted by molar-refractivity contribution is 0.504. The topological polar surface area (TPSA) is 38.9 Å². The van der Waals surface area contributed by atoms with Crippen molar-refractivity contribution in [2.45, 2.75) is 13.3 Å². The molecule has 0 radical (unpaired) electrons. The van der Waals surface area contributed by atoms with Crippen LogP contribution in [-0.4, -0.2) is 10.2 Å². The average molecular weight is 174 g/mol. The fourth-order valence-electron chi connectivity index (χ4n) is 1.24. The zero-order chi connectivity index (χ0) is 9.10. The van der Waals surface area contributed by atoms with Gasteiger partial charge in [-0.25, -0.2) is 0 Å². The van der Waals surface area contributed by atoms with E-state index in [4.69, 9.17) is 4.42 Å². The predicted octanol–water partition coefficient (Wildman–Crippen LogP) is 1.97. The molecule has 1 aromatic heterocycles. The molecule has 0 amide bonds. The van der Waals surface area contributed by atoms with Crippen LogP contribution in [-0.2, 0) is 6.42 Å². The highest BCUT2D eigenvalue weighted by Crippen LogP contribution is 2.11. The van der Waals surface area contributed by atoms with Gasteiger partial charge in [-0.15, -0.1) is 10.2 Å². The number of aromatic nitrogens is 2. The van der Waals surface area contributed by atoms with Gasteiger partial charge in [0.05, 0.1) is 6.42 Å². The van der Waals surface area contributed by atoms with Crippen LogP contribution in [0.25, 0.3) is 0 Å². The largest absolute Gasteiger partial charge is 0.428 e. The van der Waals surface area contributed by atoms with E-state index in [1.54, 1.807) is 0 Å². The van der Waals surface area contributed by atoms with E-state index in [1.807, 2.05) is 12.1 Å². The molecule has 0 bridgehead atoms. The Morgan fingerprint density at radius 1 is 1.31 bits per heavy atom. The highest BCUT2D eigenvalue weighted by Gasteiger charge is 2.02. The number of hydrogen-bond donors (Lipinski definition) is 0. The van der Waals surface area contributed by atoms with Crippen molar-refractivity contribution in [3.8, 4) is 0 Å². The van der Waals surface area contributed by atoms with Crippen LogP contribution >= 0.6 is 0 Å². The minimum Gasteiger partial charge on any atom is -0.428 e. The van der Waals surface area contributed by atoms with Crippen LogP contribution in [0.15, 0.2) is 35.1 Å². The highest BCUT2D eigenvalue weighted by molar-refractivity contribution is 5.27. The molecule has 0 aliphatic carbocycles. The Bertz CT molecular complexity index is 382. The Kier molecular flexibility index (Phi) is 2.08. The summed E-state index contributed by atoms with van der Waals surface area (Å²) >= 11 is 0. The van der Waals surface area contributed by atoms with Crippen molar-refractivity contribution in [3.05, 3.63) is 47.7 Å². The first kappa shape index (κ1) is 7.98. The second-order valence-electron chi connectivity index (χ2n) is 2.94. The van der Waals surface area contributed by atoms with Crippen molar-refractivity contribution in [2.75, 3.05) is 0 Å². The Morgan fingerprint density at radius 3 is 2.85 bits per heavy atom. The molecular formula is C10H10N2O. The first-order valence-electron chi connectivity index (χ1n) is 4.16. The van der Waals surface area contributed by atoms with Gasteiger partial charge >= 0.3 is 0 Å². The Labute approximate surface area is 76.4 Å². The highest BCUT2D eigenvalue weighted by atomic mass is 16.4. The van der Waals surface area contributed by atoms with Crippen LogP contribution in [0.4, 0.5) is 0 Å². The molecule has 66 valence electrons. The molecule has 1 aromatic carbocycles. The summed E-state index contributed by atoms with van der Waals surface area (Å²) in [5, 5.41) is 7.47. The zero-order valence-corrected chi connectivity index (χ0v) is 7.40. The Morgan fingerprint density at radius 2 is 2.15 bits per heavy atom. The lowest BCUT2D eigenvalue weighted by Gasteiger charge is -2.00. The van der Waals surface area contributed by atoms with Crippen molar-refractivity contribution in [3.63, 3.8) is 0 Å². The van der Waals surface area contributed by atoms with Gasteiger partial charge in [0.15, 0.2) is 0 Å². The first-order valence-corrected chi connectivity index (χ1v) is 4.16. The molecule has 0 atom stereocenters. The van der Waals surface area contributed by atoms with Crippen molar-refractivity contribution in [1.82, 2.24) is 10.2 Å². The maximum absolute atomic E-state index is 5.07. The fourth-order valence-corrected chi connectivity index (χ4v) is 1.24. The third-order valence-corrected chi connectivity index (χ3v) is 2.01. The molecule has 3 heteroatoms. The van der Waals surface area contributed by atoms with Crippen molar-refractivity contribution < 1.29 is 4.42 Å². The van der Waals surface area contributed by atoms with Gasteiger partial charge in [0.2, 0.25) is 12.3 Å². The number of rotatable bonds is 2. The molecule has 13 heavy (non-hydrogen) atoms. The SMILES string of the molecule is Cc1ccccc1Cc1nnco1. The molecular weight excluding hydrogens is 164 g/mol. The van der Waals surface area contributed by atoms with Gasteiger partial charge in [0, 0.05) is 0 Å². The predicted molar refractivity (Wildman–Crippen MR) is 48.3 cm³/mol. The standard InChI is InChI=1S/C10H10N2O/c1-8-4-2-3-5-9(8)6-10-12-11-7-13-10/h2-5,7H,6H2,1H3. The molecule has 3 nitrogen and oxygen atoms in total. The summed E-state index contributed by atoms with van der Waals surface area (Å²) in [4.78, 5) is 0. The number of benzene rings is 1. The average Bonchev–Trinajstić information content (AvgIpc) is 2.61. The van der Waals surface area contributed by atoms with E-state index in [1.165, 1.54) is 17.5 Å². The molecule has 0 unspecified atom stereocenters. The summed E-state index contributed by atoms with van der Waals surface area (Å²) < 4.78 is 5.07. The van der Waals surface area contributed by atoms with Gasteiger partial charge in [-0.1, -0.05) is 24.3 Å². The van der Waals surface area contributed by atoms with E-state index in [9.17, 15) is 0 Å². The summed E-state index contributed by atoms with van der Waals surface area (Å²) in [7, 11) is 0. The zero-order valence-electron chi connectivity index (χ0n) is 7.40. The molecule has 2 aromatic rings. The van der Waals surface area contributed by atoms with E-state index < -0.39 is 0 Å². The normalized spacial score (nSPS) is 10.2. The third kappa shape index (κ3) is 1.75. The maximum Gasteiger partial charge on any atom is 0.220 e. The second kappa shape index (κ2) is 3.39. The van der Waals surface area contributed by atoms with Crippen molar-refractivity contribution >= 4 is 0 Å². The van der Waals surface area contributed by atoms with Crippen LogP contribution < -0.4 is 0 Å². The number of aryl methyl sites for hydroxylation is 1. The Hall–Kier alpha value is -1.64. The minimum atomic E-state index is 0.661. The quantitative estimate of drug-likeness (QED) is 0.698. The number of nitrogens with zero attached hydrogens (tertiary/aromatic N) is 2. The summed E-state index contributed by atoms with van der Waals surface area (Å²) in [5.41, 5.74) is 2.48. The molecule has 0 saturated heterocycles. The van der Waals surface area contributed by atoms with Crippen LogP contribution in [0.1, 0.15) is 17.0 Å². The van der Waals surface area contributed by atoms with Gasteiger partial charge in [-0.3, -0.25) is 0 Å². The fraction of sp³-hybridized carbons (Fsp3) is 0.200. The van der Waals surface area contributed by atoms with Gasteiger partial charge < -0.3 is 4.42 Å². The van der Waals surface area contributed by atoms with Gasteiger partial charge in [0.25, 0.3) is 0 Å². The van der Waals surface area contributed by atoms with Gasteiger partial charge in [0.1, 0.15) is 0 Å². The second-order valence-corrected chi connectivity index (χ2v) is 2.94. The van der Waals surface area contributed by atoms with Crippen molar-refractivity contribution in [2.24, 2.45) is 0 Å². The maximum atomic E-state index is 5.07. The van der Waals surface area contributed by atoms with E-state index in [0.29, 0.717) is 12.3 Å². The molecule has 0 aliphatic heterocycles. The molecule has 1 heterocycles. The minimum absolute atomic E-state index is 0.661. The summed E-state index contributed by atoms with van der Waals surface area (Å²) in [5.74, 6) is 0.661. The molecule has 0 fully saturated rings. The van der Waals surface area contributed by atoms with Crippen LogP contribution in [0.5, 0.6) is 0 Å². The first-order chi connectivity index (χ1) is 6.36. The van der Waals surface area contributed by atoms with E-state index in [2.05, 4.69) is 29.3 Å². The molecule has 0 spiro atoms. The molecule has 2 rings (SSSR count). The van der Waals surface area contributed by atoms with E-state index in [-0.39, 0.29) is 0 Å².